The first kappa shape index (κ1) is 15.7. The lowest BCUT2D eigenvalue weighted by Gasteiger charge is -2.35. The van der Waals surface area contributed by atoms with E-state index in [4.69, 9.17) is 4.74 Å². The molecule has 1 fully saturated rings. The molecule has 1 aromatic carbocycles. The standard InChI is InChI=1S/C17H25NO3/c1-11(2)12-7-4-5-9-14(12)18-17(20)13-8-6-10-15(21-3)16(13)19/h6,8,10-12,14,19H,4-5,7,9H2,1-3H3,(H,18,20). The number of para-hydroxylation sites is 1. The van der Waals surface area contributed by atoms with Gasteiger partial charge in [0.15, 0.2) is 11.5 Å². The number of hydrogen-bond donors (Lipinski definition) is 2. The maximum Gasteiger partial charge on any atom is 0.255 e. The second kappa shape index (κ2) is 6.83. The highest BCUT2D eigenvalue weighted by atomic mass is 16.5. The first-order valence-electron chi connectivity index (χ1n) is 7.71. The first-order valence-corrected chi connectivity index (χ1v) is 7.71. The summed E-state index contributed by atoms with van der Waals surface area (Å²) in [5.41, 5.74) is 0.280. The average Bonchev–Trinajstić information content (AvgIpc) is 2.47. The fraction of sp³-hybridized carbons (Fsp3) is 0.588. The number of phenols is 1. The Morgan fingerprint density at radius 1 is 1.33 bits per heavy atom. The lowest BCUT2D eigenvalue weighted by Crippen LogP contribution is -2.43. The van der Waals surface area contributed by atoms with Crippen LogP contribution in [0.15, 0.2) is 18.2 Å². The Hall–Kier alpha value is -1.71. The molecule has 1 amide bonds. The van der Waals surface area contributed by atoms with Crippen LogP contribution in [-0.4, -0.2) is 24.2 Å². The van der Waals surface area contributed by atoms with Gasteiger partial charge in [-0.25, -0.2) is 0 Å². The van der Waals surface area contributed by atoms with Crippen molar-refractivity contribution >= 4 is 5.91 Å². The molecule has 116 valence electrons. The van der Waals surface area contributed by atoms with Crippen molar-refractivity contribution in [3.8, 4) is 11.5 Å². The largest absolute Gasteiger partial charge is 0.504 e. The summed E-state index contributed by atoms with van der Waals surface area (Å²) in [7, 11) is 1.48. The highest BCUT2D eigenvalue weighted by molar-refractivity contribution is 5.97. The van der Waals surface area contributed by atoms with Crippen molar-refractivity contribution in [2.45, 2.75) is 45.6 Å². The molecule has 1 saturated carbocycles. The molecule has 1 aliphatic carbocycles. The summed E-state index contributed by atoms with van der Waals surface area (Å²) >= 11 is 0. The molecule has 0 aliphatic heterocycles. The first-order chi connectivity index (χ1) is 10.0. The Bertz CT molecular complexity index is 499. The van der Waals surface area contributed by atoms with Crippen LogP contribution in [0.25, 0.3) is 0 Å². The number of hydrogen-bond acceptors (Lipinski definition) is 3. The van der Waals surface area contributed by atoms with Crippen molar-refractivity contribution < 1.29 is 14.6 Å². The van der Waals surface area contributed by atoms with Crippen molar-refractivity contribution in [2.75, 3.05) is 7.11 Å². The van der Waals surface area contributed by atoms with E-state index in [1.807, 2.05) is 0 Å². The van der Waals surface area contributed by atoms with E-state index in [1.54, 1.807) is 18.2 Å². The van der Waals surface area contributed by atoms with Crippen LogP contribution < -0.4 is 10.1 Å². The van der Waals surface area contributed by atoms with E-state index < -0.39 is 0 Å². The normalized spacial score (nSPS) is 22.1. The van der Waals surface area contributed by atoms with Crippen molar-refractivity contribution in [2.24, 2.45) is 11.8 Å². The Morgan fingerprint density at radius 2 is 2.05 bits per heavy atom. The number of nitrogens with one attached hydrogen (secondary N) is 1. The Labute approximate surface area is 126 Å². The maximum absolute atomic E-state index is 12.4. The molecule has 4 nitrogen and oxygen atoms in total. The highest BCUT2D eigenvalue weighted by Gasteiger charge is 2.29. The molecular formula is C17H25NO3. The van der Waals surface area contributed by atoms with Crippen LogP contribution >= 0.6 is 0 Å². The van der Waals surface area contributed by atoms with Crippen LogP contribution in [0.5, 0.6) is 11.5 Å². The van der Waals surface area contributed by atoms with Crippen molar-refractivity contribution in [1.29, 1.82) is 0 Å². The van der Waals surface area contributed by atoms with Crippen LogP contribution in [0.1, 0.15) is 49.9 Å². The van der Waals surface area contributed by atoms with Gasteiger partial charge in [0.05, 0.1) is 12.7 Å². The number of benzene rings is 1. The zero-order valence-corrected chi connectivity index (χ0v) is 13.1. The van der Waals surface area contributed by atoms with Gasteiger partial charge in [-0.2, -0.15) is 0 Å². The van der Waals surface area contributed by atoms with E-state index in [-0.39, 0.29) is 23.3 Å². The molecule has 0 spiro atoms. The summed E-state index contributed by atoms with van der Waals surface area (Å²) in [5.74, 6) is 1.08. The molecule has 2 rings (SSSR count). The molecule has 0 saturated heterocycles. The number of carbonyl (C=O) groups excluding carboxylic acids is 1. The second-order valence-electron chi connectivity index (χ2n) is 6.13. The van der Waals surface area contributed by atoms with Crippen molar-refractivity contribution in [1.82, 2.24) is 5.32 Å². The van der Waals surface area contributed by atoms with Gasteiger partial charge in [-0.3, -0.25) is 4.79 Å². The number of aromatic hydroxyl groups is 1. The van der Waals surface area contributed by atoms with Crippen molar-refractivity contribution in [3.05, 3.63) is 23.8 Å². The van der Waals surface area contributed by atoms with Crippen LogP contribution in [0.4, 0.5) is 0 Å². The van der Waals surface area contributed by atoms with E-state index in [0.717, 1.165) is 19.3 Å². The van der Waals surface area contributed by atoms with E-state index in [9.17, 15) is 9.90 Å². The molecule has 1 aliphatic rings. The summed E-state index contributed by atoms with van der Waals surface area (Å²) < 4.78 is 5.06. The Balaban J connectivity index is 2.13. The van der Waals surface area contributed by atoms with Gasteiger partial charge < -0.3 is 15.2 Å². The zero-order valence-electron chi connectivity index (χ0n) is 13.1. The van der Waals surface area contributed by atoms with Gasteiger partial charge in [0.2, 0.25) is 0 Å². The minimum absolute atomic E-state index is 0.0885. The maximum atomic E-state index is 12.4. The van der Waals surface area contributed by atoms with Gasteiger partial charge in [-0.1, -0.05) is 32.8 Å². The van der Waals surface area contributed by atoms with Crippen LogP contribution in [0, 0.1) is 11.8 Å². The van der Waals surface area contributed by atoms with Gasteiger partial charge in [-0.05, 0) is 36.8 Å². The molecule has 21 heavy (non-hydrogen) atoms. The quantitative estimate of drug-likeness (QED) is 0.894. The van der Waals surface area contributed by atoms with E-state index in [0.29, 0.717) is 17.6 Å². The third-order valence-corrected chi connectivity index (χ3v) is 4.46. The summed E-state index contributed by atoms with van der Waals surface area (Å²) in [5, 5.41) is 13.2. The zero-order chi connectivity index (χ0) is 15.4. The fourth-order valence-corrected chi connectivity index (χ4v) is 3.25. The lowest BCUT2D eigenvalue weighted by atomic mass is 9.78. The molecule has 0 radical (unpaired) electrons. The fourth-order valence-electron chi connectivity index (χ4n) is 3.25. The van der Waals surface area contributed by atoms with Gasteiger partial charge in [0, 0.05) is 6.04 Å². The average molecular weight is 291 g/mol. The summed E-state index contributed by atoms with van der Waals surface area (Å²) in [4.78, 5) is 12.4. The van der Waals surface area contributed by atoms with Crippen molar-refractivity contribution in [3.63, 3.8) is 0 Å². The minimum atomic E-state index is -0.219. The van der Waals surface area contributed by atoms with Crippen LogP contribution in [-0.2, 0) is 0 Å². The Morgan fingerprint density at radius 3 is 2.71 bits per heavy atom. The number of amides is 1. The molecule has 0 bridgehead atoms. The Kier molecular flexibility index (Phi) is 5.10. The predicted octanol–water partition coefficient (Wildman–Crippen LogP) is 3.35. The van der Waals surface area contributed by atoms with Gasteiger partial charge >= 0.3 is 0 Å². The summed E-state index contributed by atoms with van der Waals surface area (Å²) in [6.07, 6.45) is 4.56. The molecule has 0 heterocycles. The van der Waals surface area contributed by atoms with E-state index >= 15 is 0 Å². The monoisotopic (exact) mass is 291 g/mol. The SMILES string of the molecule is COc1cccc(C(=O)NC2CCCCC2C(C)C)c1O. The third kappa shape index (κ3) is 3.49. The predicted molar refractivity (Wildman–Crippen MR) is 82.7 cm³/mol. The third-order valence-electron chi connectivity index (χ3n) is 4.46. The number of rotatable bonds is 4. The smallest absolute Gasteiger partial charge is 0.255 e. The number of phenolic OH excluding ortho intramolecular Hbond substituents is 1. The number of ether oxygens (including phenoxy) is 1. The van der Waals surface area contributed by atoms with E-state index in [1.165, 1.54) is 13.5 Å². The molecular weight excluding hydrogens is 266 g/mol. The second-order valence-corrected chi connectivity index (χ2v) is 6.13. The molecule has 1 aromatic rings. The van der Waals surface area contributed by atoms with E-state index in [2.05, 4.69) is 19.2 Å². The minimum Gasteiger partial charge on any atom is -0.504 e. The number of carbonyl (C=O) groups is 1. The lowest BCUT2D eigenvalue weighted by molar-refractivity contribution is 0.0886. The molecule has 4 heteroatoms. The molecule has 2 atom stereocenters. The van der Waals surface area contributed by atoms with Crippen LogP contribution in [0.2, 0.25) is 0 Å². The van der Waals surface area contributed by atoms with Gasteiger partial charge in [-0.15, -0.1) is 0 Å². The summed E-state index contributed by atoms with van der Waals surface area (Å²) in [6.45, 7) is 4.41. The summed E-state index contributed by atoms with van der Waals surface area (Å²) in [6, 6.07) is 5.18. The van der Waals surface area contributed by atoms with Gasteiger partial charge in [0.25, 0.3) is 5.91 Å². The highest BCUT2D eigenvalue weighted by Crippen LogP contribution is 2.32. The van der Waals surface area contributed by atoms with Crippen LogP contribution in [0.3, 0.4) is 0 Å². The molecule has 2 unspecified atom stereocenters. The number of methoxy groups -OCH3 is 1. The van der Waals surface area contributed by atoms with Gasteiger partial charge in [0.1, 0.15) is 0 Å². The molecule has 0 aromatic heterocycles. The molecule has 2 N–H and O–H groups in total. The topological polar surface area (TPSA) is 58.6 Å².